The first kappa shape index (κ1) is 8.48. The molecule has 0 aromatic carbocycles. The molecule has 3 saturated heterocycles. The standard InChI is InChI=1S/C11H16N2O/c1-8-6-11(14-12-8)10-7-9-2-4-13(10)5-3-9/h6,9-10H,2-5,7H2,1H3/t10-/m1/s1. The summed E-state index contributed by atoms with van der Waals surface area (Å²) in [7, 11) is 0. The Hall–Kier alpha value is -0.830. The van der Waals surface area contributed by atoms with E-state index in [9.17, 15) is 0 Å². The molecule has 2 bridgehead atoms. The molecule has 3 heteroatoms. The number of fused-ring (bicyclic) bond motifs is 3. The lowest BCUT2D eigenvalue weighted by Gasteiger charge is -2.44. The number of rotatable bonds is 1. The van der Waals surface area contributed by atoms with Gasteiger partial charge in [-0.3, -0.25) is 4.90 Å². The van der Waals surface area contributed by atoms with Crippen molar-refractivity contribution in [2.75, 3.05) is 13.1 Å². The number of aromatic nitrogens is 1. The largest absolute Gasteiger partial charge is 0.359 e. The van der Waals surface area contributed by atoms with E-state index in [0.717, 1.165) is 17.4 Å². The predicted octanol–water partition coefficient (Wildman–Crippen LogP) is 2.14. The van der Waals surface area contributed by atoms with E-state index < -0.39 is 0 Å². The maximum atomic E-state index is 5.36. The van der Waals surface area contributed by atoms with Crippen LogP contribution in [-0.4, -0.2) is 23.1 Å². The molecule has 0 N–H and O–H groups in total. The van der Waals surface area contributed by atoms with E-state index >= 15 is 0 Å². The fourth-order valence-corrected chi connectivity index (χ4v) is 2.80. The molecular weight excluding hydrogens is 176 g/mol. The van der Waals surface area contributed by atoms with Crippen LogP contribution in [0.2, 0.25) is 0 Å². The number of hydrogen-bond donors (Lipinski definition) is 0. The molecule has 4 heterocycles. The first-order chi connectivity index (χ1) is 6.83. The summed E-state index contributed by atoms with van der Waals surface area (Å²) in [6.07, 6.45) is 4.03. The molecule has 3 aliphatic heterocycles. The Morgan fingerprint density at radius 2 is 2.21 bits per heavy atom. The van der Waals surface area contributed by atoms with E-state index in [2.05, 4.69) is 16.1 Å². The third kappa shape index (κ3) is 1.27. The van der Waals surface area contributed by atoms with Gasteiger partial charge >= 0.3 is 0 Å². The van der Waals surface area contributed by atoms with Gasteiger partial charge in [0.2, 0.25) is 0 Å². The van der Waals surface area contributed by atoms with Crippen LogP contribution in [0.3, 0.4) is 0 Å². The third-order valence-electron chi connectivity index (χ3n) is 3.62. The average molecular weight is 192 g/mol. The summed E-state index contributed by atoms with van der Waals surface area (Å²) >= 11 is 0. The zero-order valence-corrected chi connectivity index (χ0v) is 8.57. The molecule has 1 aromatic rings. The van der Waals surface area contributed by atoms with E-state index in [1.165, 1.54) is 32.4 Å². The second-order valence-electron chi connectivity index (χ2n) is 4.60. The maximum Gasteiger partial charge on any atom is 0.154 e. The molecule has 1 aromatic heterocycles. The lowest BCUT2D eigenvalue weighted by atomic mass is 9.82. The van der Waals surface area contributed by atoms with Crippen molar-refractivity contribution < 1.29 is 4.52 Å². The van der Waals surface area contributed by atoms with Crippen molar-refractivity contribution in [1.29, 1.82) is 0 Å². The average Bonchev–Trinajstić information content (AvgIpc) is 2.66. The molecule has 4 rings (SSSR count). The zero-order valence-electron chi connectivity index (χ0n) is 8.57. The summed E-state index contributed by atoms with van der Waals surface area (Å²) in [4.78, 5) is 2.54. The van der Waals surface area contributed by atoms with Crippen LogP contribution in [-0.2, 0) is 0 Å². The molecule has 0 aliphatic carbocycles. The van der Waals surface area contributed by atoms with Crippen LogP contribution in [0.4, 0.5) is 0 Å². The minimum Gasteiger partial charge on any atom is -0.359 e. The van der Waals surface area contributed by atoms with Gasteiger partial charge < -0.3 is 4.52 Å². The van der Waals surface area contributed by atoms with Crippen molar-refractivity contribution in [1.82, 2.24) is 10.1 Å². The summed E-state index contributed by atoms with van der Waals surface area (Å²) in [5.74, 6) is 2.00. The highest BCUT2D eigenvalue weighted by Crippen LogP contribution is 2.40. The second kappa shape index (κ2) is 3.09. The van der Waals surface area contributed by atoms with Crippen LogP contribution in [0.5, 0.6) is 0 Å². The Morgan fingerprint density at radius 1 is 1.43 bits per heavy atom. The summed E-state index contributed by atoms with van der Waals surface area (Å²) < 4.78 is 5.36. The van der Waals surface area contributed by atoms with E-state index in [0.29, 0.717) is 6.04 Å². The van der Waals surface area contributed by atoms with Gasteiger partial charge in [-0.1, -0.05) is 5.16 Å². The van der Waals surface area contributed by atoms with Crippen LogP contribution in [0.15, 0.2) is 10.6 Å². The molecule has 0 radical (unpaired) electrons. The fourth-order valence-electron chi connectivity index (χ4n) is 2.80. The Labute approximate surface area is 84.1 Å². The third-order valence-corrected chi connectivity index (χ3v) is 3.62. The van der Waals surface area contributed by atoms with Crippen LogP contribution in [0.25, 0.3) is 0 Å². The molecular formula is C11H16N2O. The van der Waals surface area contributed by atoms with Gasteiger partial charge in [0.05, 0.1) is 11.7 Å². The van der Waals surface area contributed by atoms with Gasteiger partial charge in [0.15, 0.2) is 5.76 Å². The SMILES string of the molecule is Cc1cc([C@H]2CC3CCN2CC3)on1. The van der Waals surface area contributed by atoms with Gasteiger partial charge in [-0.15, -0.1) is 0 Å². The molecule has 3 nitrogen and oxygen atoms in total. The molecule has 1 atom stereocenters. The lowest BCUT2D eigenvalue weighted by molar-refractivity contribution is 0.0345. The molecule has 0 amide bonds. The topological polar surface area (TPSA) is 29.3 Å². The van der Waals surface area contributed by atoms with Gasteiger partial charge in [0.1, 0.15) is 0 Å². The molecule has 76 valence electrons. The molecule has 0 saturated carbocycles. The Morgan fingerprint density at radius 3 is 2.71 bits per heavy atom. The number of nitrogens with zero attached hydrogens (tertiary/aromatic N) is 2. The monoisotopic (exact) mass is 192 g/mol. The lowest BCUT2D eigenvalue weighted by Crippen LogP contribution is -2.43. The van der Waals surface area contributed by atoms with Crippen LogP contribution in [0.1, 0.15) is 36.8 Å². The van der Waals surface area contributed by atoms with Gasteiger partial charge in [0, 0.05) is 6.07 Å². The van der Waals surface area contributed by atoms with E-state index in [4.69, 9.17) is 4.52 Å². The van der Waals surface area contributed by atoms with Crippen molar-refractivity contribution in [3.8, 4) is 0 Å². The van der Waals surface area contributed by atoms with Crippen molar-refractivity contribution >= 4 is 0 Å². The number of piperidine rings is 3. The summed E-state index contributed by atoms with van der Waals surface area (Å²) in [6.45, 7) is 4.48. The van der Waals surface area contributed by atoms with Gasteiger partial charge in [0.25, 0.3) is 0 Å². The highest BCUT2D eigenvalue weighted by molar-refractivity contribution is 5.10. The van der Waals surface area contributed by atoms with Gasteiger partial charge in [-0.2, -0.15) is 0 Å². The minimum atomic E-state index is 0.517. The van der Waals surface area contributed by atoms with E-state index in [-0.39, 0.29) is 0 Å². The Bertz CT molecular complexity index is 326. The predicted molar refractivity (Wildman–Crippen MR) is 52.9 cm³/mol. The van der Waals surface area contributed by atoms with Crippen molar-refractivity contribution in [2.45, 2.75) is 32.2 Å². The fraction of sp³-hybridized carbons (Fsp3) is 0.727. The number of hydrogen-bond acceptors (Lipinski definition) is 3. The molecule has 0 unspecified atom stereocenters. The van der Waals surface area contributed by atoms with Crippen LogP contribution >= 0.6 is 0 Å². The molecule has 3 fully saturated rings. The maximum absolute atomic E-state index is 5.36. The Kier molecular flexibility index (Phi) is 1.87. The normalized spacial score (nSPS) is 36.2. The first-order valence-corrected chi connectivity index (χ1v) is 5.50. The summed E-state index contributed by atoms with van der Waals surface area (Å²) in [5, 5.41) is 3.97. The highest BCUT2D eigenvalue weighted by Gasteiger charge is 2.36. The summed E-state index contributed by atoms with van der Waals surface area (Å²) in [5.41, 5.74) is 1.00. The second-order valence-corrected chi connectivity index (χ2v) is 4.60. The first-order valence-electron chi connectivity index (χ1n) is 5.50. The molecule has 3 aliphatic rings. The minimum absolute atomic E-state index is 0.517. The molecule has 14 heavy (non-hydrogen) atoms. The Balaban J connectivity index is 1.85. The highest BCUT2D eigenvalue weighted by atomic mass is 16.5. The van der Waals surface area contributed by atoms with Gasteiger partial charge in [-0.25, -0.2) is 0 Å². The smallest absolute Gasteiger partial charge is 0.154 e. The molecule has 0 spiro atoms. The van der Waals surface area contributed by atoms with Crippen LogP contribution in [0, 0.1) is 12.8 Å². The summed E-state index contributed by atoms with van der Waals surface area (Å²) in [6, 6.07) is 2.61. The number of aryl methyl sites for hydroxylation is 1. The van der Waals surface area contributed by atoms with Gasteiger partial charge in [-0.05, 0) is 45.2 Å². The zero-order chi connectivity index (χ0) is 9.54. The van der Waals surface area contributed by atoms with E-state index in [1.807, 2.05) is 6.92 Å². The van der Waals surface area contributed by atoms with Crippen molar-refractivity contribution in [3.05, 3.63) is 17.5 Å². The quantitative estimate of drug-likeness (QED) is 0.682. The van der Waals surface area contributed by atoms with Crippen molar-refractivity contribution in [3.63, 3.8) is 0 Å². The van der Waals surface area contributed by atoms with Crippen LogP contribution < -0.4 is 0 Å². The van der Waals surface area contributed by atoms with E-state index in [1.54, 1.807) is 0 Å². The van der Waals surface area contributed by atoms with Crippen molar-refractivity contribution in [2.24, 2.45) is 5.92 Å².